The van der Waals surface area contributed by atoms with Crippen LogP contribution < -0.4 is 5.32 Å². The summed E-state index contributed by atoms with van der Waals surface area (Å²) in [6, 6.07) is 12.2. The third-order valence-electron chi connectivity index (χ3n) is 3.22. The lowest BCUT2D eigenvalue weighted by molar-refractivity contribution is 0.207. The fourth-order valence-corrected chi connectivity index (χ4v) is 2.22. The Labute approximate surface area is 131 Å². The number of hydrogen-bond donors (Lipinski definition) is 1. The smallest absolute Gasteiger partial charge is 0.151 e. The Hall–Kier alpha value is -1.07. The highest BCUT2D eigenvalue weighted by Crippen LogP contribution is 2.19. The van der Waals surface area contributed by atoms with Crippen LogP contribution in [0.15, 0.2) is 40.9 Å². The van der Waals surface area contributed by atoms with Crippen molar-refractivity contribution < 1.29 is 4.52 Å². The van der Waals surface area contributed by atoms with Crippen molar-refractivity contribution in [3.63, 3.8) is 0 Å². The standard InChI is InChI=1S/C14H17N3O.2ClH/c1-2-4-12(5-3-1)14-10-13(18-16-14)11-17-8-6-15-7-9-17;;/h1-5,10,15H,6-9,11H2;2*1H. The molecule has 1 saturated heterocycles. The Morgan fingerprint density at radius 2 is 1.80 bits per heavy atom. The molecular formula is C14H19Cl2N3O. The van der Waals surface area contributed by atoms with Gasteiger partial charge in [0.1, 0.15) is 5.69 Å². The fourth-order valence-electron chi connectivity index (χ4n) is 2.22. The van der Waals surface area contributed by atoms with Crippen molar-refractivity contribution in [2.75, 3.05) is 26.2 Å². The van der Waals surface area contributed by atoms with Gasteiger partial charge < -0.3 is 9.84 Å². The van der Waals surface area contributed by atoms with Crippen molar-refractivity contribution in [3.8, 4) is 11.3 Å². The third kappa shape index (κ3) is 4.21. The first-order valence-corrected chi connectivity index (χ1v) is 6.36. The SMILES string of the molecule is Cl.Cl.c1ccc(-c2cc(CN3CCNCC3)on2)cc1. The number of rotatable bonds is 3. The molecule has 1 N–H and O–H groups in total. The molecular weight excluding hydrogens is 297 g/mol. The van der Waals surface area contributed by atoms with Gasteiger partial charge in [-0.2, -0.15) is 0 Å². The predicted octanol–water partition coefficient (Wildman–Crippen LogP) is 2.59. The first-order chi connectivity index (χ1) is 8.92. The van der Waals surface area contributed by atoms with Crippen LogP contribution in [-0.4, -0.2) is 36.2 Å². The molecule has 6 heteroatoms. The lowest BCUT2D eigenvalue weighted by Crippen LogP contribution is -2.42. The first-order valence-electron chi connectivity index (χ1n) is 6.36. The van der Waals surface area contributed by atoms with Gasteiger partial charge in [0.05, 0.1) is 6.54 Å². The van der Waals surface area contributed by atoms with Crippen LogP contribution in [-0.2, 0) is 6.54 Å². The van der Waals surface area contributed by atoms with Gasteiger partial charge in [0.25, 0.3) is 0 Å². The van der Waals surface area contributed by atoms with Gasteiger partial charge in [0.2, 0.25) is 0 Å². The Bertz CT molecular complexity index is 498. The maximum atomic E-state index is 5.41. The highest BCUT2D eigenvalue weighted by molar-refractivity contribution is 5.85. The van der Waals surface area contributed by atoms with Gasteiger partial charge in [-0.15, -0.1) is 24.8 Å². The molecule has 110 valence electrons. The quantitative estimate of drug-likeness (QED) is 0.945. The van der Waals surface area contributed by atoms with E-state index in [9.17, 15) is 0 Å². The lowest BCUT2D eigenvalue weighted by atomic mass is 10.1. The van der Waals surface area contributed by atoms with Crippen molar-refractivity contribution in [2.45, 2.75) is 6.54 Å². The van der Waals surface area contributed by atoms with Gasteiger partial charge in [0, 0.05) is 37.8 Å². The number of nitrogens with zero attached hydrogens (tertiary/aromatic N) is 2. The highest BCUT2D eigenvalue weighted by Gasteiger charge is 2.13. The first kappa shape index (κ1) is 17.0. The summed E-state index contributed by atoms with van der Waals surface area (Å²) in [6.45, 7) is 5.10. The van der Waals surface area contributed by atoms with Gasteiger partial charge in [-0.05, 0) is 0 Å². The van der Waals surface area contributed by atoms with Gasteiger partial charge >= 0.3 is 0 Å². The van der Waals surface area contributed by atoms with E-state index in [1.807, 2.05) is 36.4 Å². The van der Waals surface area contributed by atoms with E-state index in [1.54, 1.807) is 0 Å². The average Bonchev–Trinajstić information content (AvgIpc) is 2.89. The van der Waals surface area contributed by atoms with Crippen LogP contribution in [0.2, 0.25) is 0 Å². The van der Waals surface area contributed by atoms with Crippen LogP contribution in [0.4, 0.5) is 0 Å². The third-order valence-corrected chi connectivity index (χ3v) is 3.22. The van der Waals surface area contributed by atoms with E-state index in [0.29, 0.717) is 0 Å². The van der Waals surface area contributed by atoms with E-state index in [4.69, 9.17) is 4.52 Å². The van der Waals surface area contributed by atoms with E-state index in [-0.39, 0.29) is 24.8 Å². The van der Waals surface area contributed by atoms with Crippen LogP contribution in [0.5, 0.6) is 0 Å². The van der Waals surface area contributed by atoms with Gasteiger partial charge in [-0.3, -0.25) is 4.90 Å². The van der Waals surface area contributed by atoms with Crippen molar-refractivity contribution in [1.29, 1.82) is 0 Å². The maximum absolute atomic E-state index is 5.41. The van der Waals surface area contributed by atoms with Crippen molar-refractivity contribution >= 4 is 24.8 Å². The van der Waals surface area contributed by atoms with Crippen LogP contribution >= 0.6 is 24.8 Å². The van der Waals surface area contributed by atoms with E-state index >= 15 is 0 Å². The van der Waals surface area contributed by atoms with E-state index < -0.39 is 0 Å². The molecule has 1 aromatic heterocycles. The fraction of sp³-hybridized carbons (Fsp3) is 0.357. The summed E-state index contributed by atoms with van der Waals surface area (Å²) in [6.07, 6.45) is 0. The monoisotopic (exact) mass is 315 g/mol. The van der Waals surface area contributed by atoms with Crippen molar-refractivity contribution in [3.05, 3.63) is 42.2 Å². The maximum Gasteiger partial charge on any atom is 0.151 e. The molecule has 0 amide bonds. The summed E-state index contributed by atoms with van der Waals surface area (Å²) in [7, 11) is 0. The molecule has 0 saturated carbocycles. The minimum absolute atomic E-state index is 0. The molecule has 0 aliphatic carbocycles. The molecule has 3 rings (SSSR count). The molecule has 1 fully saturated rings. The summed E-state index contributed by atoms with van der Waals surface area (Å²) >= 11 is 0. The Morgan fingerprint density at radius 3 is 2.50 bits per heavy atom. The second kappa shape index (κ2) is 8.27. The number of halogens is 2. The Balaban J connectivity index is 0.000001000. The minimum atomic E-state index is 0. The highest BCUT2D eigenvalue weighted by atomic mass is 35.5. The van der Waals surface area contributed by atoms with Crippen molar-refractivity contribution in [1.82, 2.24) is 15.4 Å². The Kier molecular flexibility index (Phi) is 7.02. The zero-order chi connectivity index (χ0) is 12.2. The van der Waals surface area contributed by atoms with E-state index in [0.717, 1.165) is 49.7 Å². The largest absolute Gasteiger partial charge is 0.359 e. The Morgan fingerprint density at radius 1 is 1.10 bits per heavy atom. The molecule has 0 unspecified atom stereocenters. The number of hydrogen-bond acceptors (Lipinski definition) is 4. The topological polar surface area (TPSA) is 41.3 Å². The van der Waals surface area contributed by atoms with Crippen LogP contribution in [0.25, 0.3) is 11.3 Å². The number of benzene rings is 1. The molecule has 1 aliphatic heterocycles. The second-order valence-electron chi connectivity index (χ2n) is 4.57. The van der Waals surface area contributed by atoms with E-state index in [1.165, 1.54) is 0 Å². The summed E-state index contributed by atoms with van der Waals surface area (Å²) in [5, 5.41) is 7.48. The molecule has 20 heavy (non-hydrogen) atoms. The molecule has 4 nitrogen and oxygen atoms in total. The molecule has 0 atom stereocenters. The zero-order valence-corrected chi connectivity index (χ0v) is 12.8. The molecule has 0 radical (unpaired) electrons. The second-order valence-corrected chi connectivity index (χ2v) is 4.57. The minimum Gasteiger partial charge on any atom is -0.359 e. The lowest BCUT2D eigenvalue weighted by Gasteiger charge is -2.25. The number of nitrogens with one attached hydrogen (secondary N) is 1. The van der Waals surface area contributed by atoms with Crippen LogP contribution in [0.3, 0.4) is 0 Å². The van der Waals surface area contributed by atoms with Gasteiger partial charge in [0.15, 0.2) is 5.76 Å². The summed E-state index contributed by atoms with van der Waals surface area (Å²) < 4.78 is 5.41. The van der Waals surface area contributed by atoms with Gasteiger partial charge in [-0.25, -0.2) is 0 Å². The zero-order valence-electron chi connectivity index (χ0n) is 11.1. The van der Waals surface area contributed by atoms with Gasteiger partial charge in [-0.1, -0.05) is 35.5 Å². The molecule has 0 spiro atoms. The molecule has 2 aromatic rings. The molecule has 1 aliphatic rings. The molecule has 0 bridgehead atoms. The molecule has 2 heterocycles. The predicted molar refractivity (Wildman–Crippen MR) is 84.6 cm³/mol. The number of aromatic nitrogens is 1. The van der Waals surface area contributed by atoms with Crippen molar-refractivity contribution in [2.24, 2.45) is 0 Å². The summed E-state index contributed by atoms with van der Waals surface area (Å²) in [5.41, 5.74) is 2.02. The molecule has 1 aromatic carbocycles. The van der Waals surface area contributed by atoms with Crippen LogP contribution in [0, 0.1) is 0 Å². The average molecular weight is 316 g/mol. The summed E-state index contributed by atoms with van der Waals surface area (Å²) in [5.74, 6) is 0.941. The summed E-state index contributed by atoms with van der Waals surface area (Å²) in [4.78, 5) is 2.38. The normalized spacial score (nSPS) is 15.2. The van der Waals surface area contributed by atoms with E-state index in [2.05, 4.69) is 15.4 Å². The van der Waals surface area contributed by atoms with Crippen LogP contribution in [0.1, 0.15) is 5.76 Å². The number of piperazine rings is 1.